The molecule has 0 bridgehead atoms. The number of hydrogen-bond acceptors (Lipinski definition) is 3. The summed E-state index contributed by atoms with van der Waals surface area (Å²) in [5.74, 6) is -0.678. The fourth-order valence-electron chi connectivity index (χ4n) is 1.74. The summed E-state index contributed by atoms with van der Waals surface area (Å²) in [5, 5.41) is 6.99. The molecule has 2 aromatic rings. The normalized spacial score (nSPS) is 11.2. The molecule has 1 aromatic heterocycles. The molecular weight excluding hydrogens is 250 g/mol. The average molecular weight is 266 g/mol. The second kappa shape index (κ2) is 5.93. The zero-order chi connectivity index (χ0) is 13.8. The smallest absolute Gasteiger partial charge is 0.173 e. The Morgan fingerprint density at radius 2 is 1.95 bits per heavy atom. The van der Waals surface area contributed by atoms with Crippen LogP contribution < -0.4 is 5.32 Å². The van der Waals surface area contributed by atoms with Crippen LogP contribution in [0.25, 0.3) is 11.3 Å². The first-order valence-corrected chi connectivity index (χ1v) is 6.18. The van der Waals surface area contributed by atoms with Crippen molar-refractivity contribution in [1.29, 1.82) is 0 Å². The van der Waals surface area contributed by atoms with Gasteiger partial charge in [-0.2, -0.15) is 0 Å². The van der Waals surface area contributed by atoms with Gasteiger partial charge in [-0.05, 0) is 24.6 Å². The molecule has 0 unspecified atom stereocenters. The molecular formula is C14H16F2N2O. The highest BCUT2D eigenvalue weighted by molar-refractivity contribution is 5.59. The van der Waals surface area contributed by atoms with Crippen molar-refractivity contribution >= 4 is 0 Å². The maximum Gasteiger partial charge on any atom is 0.173 e. The molecule has 0 atom stereocenters. The molecule has 0 aliphatic rings. The Balaban J connectivity index is 2.12. The molecule has 3 nitrogen and oxygen atoms in total. The van der Waals surface area contributed by atoms with E-state index in [9.17, 15) is 8.78 Å². The number of rotatable bonds is 5. The highest BCUT2D eigenvalue weighted by atomic mass is 19.1. The fourth-order valence-corrected chi connectivity index (χ4v) is 1.74. The number of aromatic nitrogens is 1. The number of benzene rings is 1. The molecule has 0 radical (unpaired) electrons. The quantitative estimate of drug-likeness (QED) is 0.901. The van der Waals surface area contributed by atoms with E-state index in [-0.39, 0.29) is 11.3 Å². The molecule has 0 saturated heterocycles. The van der Waals surface area contributed by atoms with Crippen molar-refractivity contribution in [3.8, 4) is 11.3 Å². The van der Waals surface area contributed by atoms with Crippen LogP contribution in [0.15, 0.2) is 28.8 Å². The van der Waals surface area contributed by atoms with Gasteiger partial charge in [0.05, 0.1) is 11.3 Å². The molecule has 0 saturated carbocycles. The van der Waals surface area contributed by atoms with Crippen LogP contribution in [0.3, 0.4) is 0 Å². The summed E-state index contributed by atoms with van der Waals surface area (Å²) in [6, 6.07) is 5.25. The second-order valence-corrected chi connectivity index (χ2v) is 4.80. The number of hydrogen-bond donors (Lipinski definition) is 1. The van der Waals surface area contributed by atoms with Gasteiger partial charge in [0.1, 0.15) is 11.6 Å². The fraction of sp³-hybridized carbons (Fsp3) is 0.357. The summed E-state index contributed by atoms with van der Waals surface area (Å²) in [7, 11) is 0. The largest absolute Gasteiger partial charge is 0.356 e. The summed E-state index contributed by atoms with van der Waals surface area (Å²) in [4.78, 5) is 0. The van der Waals surface area contributed by atoms with E-state index in [0.717, 1.165) is 6.54 Å². The lowest BCUT2D eigenvalue weighted by molar-refractivity contribution is 0.413. The molecule has 1 heterocycles. The summed E-state index contributed by atoms with van der Waals surface area (Å²) >= 11 is 0. The van der Waals surface area contributed by atoms with Crippen molar-refractivity contribution in [2.75, 3.05) is 6.54 Å². The standard InChI is InChI=1S/C14H16F2N2O/c1-9(2)7-17-8-10-6-13(19-18-10)14-11(15)4-3-5-12(14)16/h3-6,9,17H,7-8H2,1-2H3. The van der Waals surface area contributed by atoms with Gasteiger partial charge in [0.15, 0.2) is 5.76 Å². The summed E-state index contributed by atoms with van der Waals surface area (Å²) in [6.07, 6.45) is 0. The number of nitrogens with one attached hydrogen (secondary N) is 1. The molecule has 0 aliphatic carbocycles. The second-order valence-electron chi connectivity index (χ2n) is 4.80. The van der Waals surface area contributed by atoms with Gasteiger partial charge >= 0.3 is 0 Å². The summed E-state index contributed by atoms with van der Waals surface area (Å²) < 4.78 is 32.1. The first-order valence-electron chi connectivity index (χ1n) is 6.18. The monoisotopic (exact) mass is 266 g/mol. The third kappa shape index (κ3) is 3.38. The lowest BCUT2D eigenvalue weighted by Gasteiger charge is -2.04. The number of nitrogens with zero attached hydrogens (tertiary/aromatic N) is 1. The molecule has 1 aromatic carbocycles. The Hall–Kier alpha value is -1.75. The van der Waals surface area contributed by atoms with E-state index in [4.69, 9.17) is 4.52 Å². The van der Waals surface area contributed by atoms with E-state index in [2.05, 4.69) is 24.3 Å². The summed E-state index contributed by atoms with van der Waals surface area (Å²) in [5.41, 5.74) is 0.448. The van der Waals surface area contributed by atoms with Gasteiger partial charge in [-0.15, -0.1) is 0 Å². The topological polar surface area (TPSA) is 38.1 Å². The first kappa shape index (κ1) is 13.7. The first-order chi connectivity index (χ1) is 9.08. The average Bonchev–Trinajstić information content (AvgIpc) is 2.77. The molecule has 0 aliphatic heterocycles. The van der Waals surface area contributed by atoms with E-state index in [0.29, 0.717) is 18.2 Å². The maximum atomic E-state index is 13.6. The minimum absolute atomic E-state index is 0.108. The van der Waals surface area contributed by atoms with Gasteiger partial charge in [0.25, 0.3) is 0 Å². The Morgan fingerprint density at radius 1 is 1.26 bits per heavy atom. The Morgan fingerprint density at radius 3 is 2.58 bits per heavy atom. The van der Waals surface area contributed by atoms with E-state index < -0.39 is 11.6 Å². The lowest BCUT2D eigenvalue weighted by Crippen LogP contribution is -2.18. The van der Waals surface area contributed by atoms with Crippen LogP contribution >= 0.6 is 0 Å². The van der Waals surface area contributed by atoms with E-state index in [1.165, 1.54) is 18.2 Å². The van der Waals surface area contributed by atoms with Crippen LogP contribution in [0.5, 0.6) is 0 Å². The lowest BCUT2D eigenvalue weighted by atomic mass is 10.1. The van der Waals surface area contributed by atoms with Crippen LogP contribution in [-0.4, -0.2) is 11.7 Å². The molecule has 0 spiro atoms. The number of halogens is 2. The predicted octanol–water partition coefficient (Wildman–Crippen LogP) is 3.37. The minimum Gasteiger partial charge on any atom is -0.356 e. The van der Waals surface area contributed by atoms with Gasteiger partial charge in [-0.25, -0.2) is 8.78 Å². The summed E-state index contributed by atoms with van der Waals surface area (Å²) in [6.45, 7) is 5.54. The molecule has 5 heteroatoms. The highest BCUT2D eigenvalue weighted by Gasteiger charge is 2.15. The molecule has 0 fully saturated rings. The van der Waals surface area contributed by atoms with E-state index in [1.54, 1.807) is 6.07 Å². The van der Waals surface area contributed by atoms with Crippen molar-refractivity contribution in [3.63, 3.8) is 0 Å². The van der Waals surface area contributed by atoms with Gasteiger partial charge in [0, 0.05) is 12.6 Å². The van der Waals surface area contributed by atoms with Crippen LogP contribution in [0.4, 0.5) is 8.78 Å². The minimum atomic E-state index is -0.655. The predicted molar refractivity (Wildman–Crippen MR) is 68.4 cm³/mol. The van der Waals surface area contributed by atoms with Crippen LogP contribution in [-0.2, 0) is 6.54 Å². The van der Waals surface area contributed by atoms with E-state index >= 15 is 0 Å². The van der Waals surface area contributed by atoms with Crippen LogP contribution in [0.1, 0.15) is 19.5 Å². The van der Waals surface area contributed by atoms with E-state index in [1.807, 2.05) is 0 Å². The Bertz CT molecular complexity index is 532. The SMILES string of the molecule is CC(C)CNCc1cc(-c2c(F)cccc2F)on1. The third-order valence-corrected chi connectivity index (χ3v) is 2.63. The molecule has 19 heavy (non-hydrogen) atoms. The zero-order valence-electron chi connectivity index (χ0n) is 10.9. The Kier molecular flexibility index (Phi) is 4.27. The van der Waals surface area contributed by atoms with Gasteiger partial charge in [-0.3, -0.25) is 0 Å². The highest BCUT2D eigenvalue weighted by Crippen LogP contribution is 2.26. The van der Waals surface area contributed by atoms with Crippen LogP contribution in [0, 0.1) is 17.6 Å². The van der Waals surface area contributed by atoms with Crippen molar-refractivity contribution in [2.24, 2.45) is 5.92 Å². The van der Waals surface area contributed by atoms with Crippen LogP contribution in [0.2, 0.25) is 0 Å². The Labute approximate surface area is 110 Å². The molecule has 0 amide bonds. The van der Waals surface area contributed by atoms with Gasteiger partial charge in [0.2, 0.25) is 0 Å². The molecule has 2 rings (SSSR count). The van der Waals surface area contributed by atoms with Crippen molar-refractivity contribution < 1.29 is 13.3 Å². The molecule has 1 N–H and O–H groups in total. The van der Waals surface area contributed by atoms with Crippen molar-refractivity contribution in [3.05, 3.63) is 41.6 Å². The van der Waals surface area contributed by atoms with Gasteiger partial charge in [-0.1, -0.05) is 25.1 Å². The third-order valence-electron chi connectivity index (χ3n) is 2.63. The zero-order valence-corrected chi connectivity index (χ0v) is 10.9. The van der Waals surface area contributed by atoms with Crippen molar-refractivity contribution in [1.82, 2.24) is 10.5 Å². The van der Waals surface area contributed by atoms with Crippen molar-refractivity contribution in [2.45, 2.75) is 20.4 Å². The van der Waals surface area contributed by atoms with Gasteiger partial charge < -0.3 is 9.84 Å². The maximum absolute atomic E-state index is 13.6. The molecule has 102 valence electrons.